The monoisotopic (exact) mass is 904 g/mol. The second-order valence-corrected chi connectivity index (χ2v) is 12.2. The Labute approximate surface area is 386 Å². The number of para-hydroxylation sites is 1. The van der Waals surface area contributed by atoms with Crippen LogP contribution in [0.5, 0.6) is 0 Å². The first-order valence-corrected chi connectivity index (χ1v) is 17.7. The summed E-state index contributed by atoms with van der Waals surface area (Å²) in [6.07, 6.45) is 1.72. The van der Waals surface area contributed by atoms with Gasteiger partial charge >= 0.3 is 79.7 Å². The third-order valence-corrected chi connectivity index (χ3v) is 7.80. The van der Waals surface area contributed by atoms with Crippen molar-refractivity contribution in [1.29, 1.82) is 0 Å². The molecule has 0 unspecified atom stereocenters. The van der Waals surface area contributed by atoms with Gasteiger partial charge in [0.1, 0.15) is 23.5 Å². The minimum absolute atomic E-state index is 0. The van der Waals surface area contributed by atoms with Gasteiger partial charge in [0.2, 0.25) is 0 Å². The molecule has 0 aliphatic heterocycles. The summed E-state index contributed by atoms with van der Waals surface area (Å²) in [5.74, 6) is -4.18. The van der Waals surface area contributed by atoms with Gasteiger partial charge in [0.15, 0.2) is 0 Å². The fraction of sp³-hybridized carbons (Fsp3) is 0.364. The summed E-state index contributed by atoms with van der Waals surface area (Å²) in [4.78, 5) is 63.5. The summed E-state index contributed by atoms with van der Waals surface area (Å²) in [7, 11) is -4.67. The van der Waals surface area contributed by atoms with Crippen molar-refractivity contribution in [2.75, 3.05) is 0 Å². The van der Waals surface area contributed by atoms with Crippen LogP contribution in [0.25, 0.3) is 0 Å². The van der Waals surface area contributed by atoms with Crippen LogP contribution < -0.4 is 73.8 Å². The number of halogens is 1. The molecule has 0 fully saturated rings. The van der Waals surface area contributed by atoms with Crippen LogP contribution in [0.15, 0.2) is 84.2 Å². The Balaban J connectivity index is -0.000000344. The molecule has 23 nitrogen and oxygen atoms in total. The number of carboxylic acid groups (broad SMARTS) is 3. The van der Waals surface area contributed by atoms with E-state index >= 15 is 0 Å². The van der Waals surface area contributed by atoms with Crippen molar-refractivity contribution in [3.63, 3.8) is 0 Å². The van der Waals surface area contributed by atoms with Gasteiger partial charge < -0.3 is 42.8 Å². The van der Waals surface area contributed by atoms with Crippen LogP contribution in [0.3, 0.4) is 0 Å². The standard InChI is InChI=1S/2C11H14N2O4.C11H15NO2.ClH.K.HNO3.H2O4S/c1-2-9(10(12)11(14)15)7-3-5-8(6-4-7)13(16)17;1-2-7(10(12)11(14)15)8-5-3-4-6-9(8)13(16)17;1-2-9(10(12)11(13)14)8-6-4-3-5-7-8;;;2-1-4-3;1-5(2,3)4/h3-6,9-10H,2,12H2,1H3,(H,14,15);3-7,10H,2,12H2,1H3,(H,14,15);3-7,9-10H,2,12H2,1H3,(H,13,14);1H;;3H;(H2,1,2,3,4)/q;;;;+1;;/p-1/t9-,10+;7-,10+;9-,10+;;;;/m000..../s1. The van der Waals surface area contributed by atoms with Crippen molar-refractivity contribution in [3.8, 4) is 0 Å². The van der Waals surface area contributed by atoms with Gasteiger partial charge in [-0.3, -0.25) is 43.7 Å². The van der Waals surface area contributed by atoms with Crippen LogP contribution in [0.1, 0.15) is 74.5 Å². The minimum atomic E-state index is -4.67. The molecule has 0 bridgehead atoms. The normalized spacial score (nSPS) is 12.9. The van der Waals surface area contributed by atoms with Gasteiger partial charge in [0.25, 0.3) is 11.4 Å². The van der Waals surface area contributed by atoms with Crippen molar-refractivity contribution in [3.05, 3.63) is 121 Å². The number of non-ortho nitro benzene ring substituents is 1. The van der Waals surface area contributed by atoms with E-state index in [0.717, 1.165) is 12.0 Å². The zero-order chi connectivity index (χ0) is 44.5. The number of carboxylic acids is 3. The summed E-state index contributed by atoms with van der Waals surface area (Å²) in [6, 6.07) is 18.5. The Morgan fingerprint density at radius 1 is 0.678 bits per heavy atom. The van der Waals surface area contributed by atoms with E-state index in [-0.39, 0.29) is 87.0 Å². The fourth-order valence-corrected chi connectivity index (χ4v) is 5.09. The topological polar surface area (TPSA) is 413 Å². The second kappa shape index (κ2) is 32.7. The van der Waals surface area contributed by atoms with Crippen LogP contribution >= 0.6 is 12.4 Å². The molecule has 3 aromatic carbocycles. The summed E-state index contributed by atoms with van der Waals surface area (Å²) in [5, 5.41) is 57.6. The maximum atomic E-state index is 10.9. The van der Waals surface area contributed by atoms with Gasteiger partial charge in [-0.1, -0.05) is 81.4 Å². The molecule has 26 heteroatoms. The van der Waals surface area contributed by atoms with E-state index in [2.05, 4.69) is 4.99 Å². The predicted octanol–water partition coefficient (Wildman–Crippen LogP) is 0.325. The average molecular weight is 905 g/mol. The van der Waals surface area contributed by atoms with Crippen LogP contribution in [0.2, 0.25) is 0 Å². The number of aliphatic carboxylic acids is 3. The average Bonchev–Trinajstić information content (AvgIpc) is 3.16. The third-order valence-electron chi connectivity index (χ3n) is 7.80. The minimum Gasteiger partial charge on any atom is -0.635 e. The largest absolute Gasteiger partial charge is 1.00 e. The van der Waals surface area contributed by atoms with Gasteiger partial charge in [0, 0.05) is 41.5 Å². The van der Waals surface area contributed by atoms with Gasteiger partial charge in [-0.25, -0.2) is 0 Å². The number of nitro benzene ring substituents is 2. The predicted molar refractivity (Wildman–Crippen MR) is 207 cm³/mol. The molecule has 3 rings (SSSR count). The molecule has 59 heavy (non-hydrogen) atoms. The van der Waals surface area contributed by atoms with Gasteiger partial charge in [0.05, 0.1) is 9.85 Å². The van der Waals surface area contributed by atoms with Crippen LogP contribution in [-0.4, -0.2) is 78.7 Å². The quantitative estimate of drug-likeness (QED) is 0.0254. The number of nitrogens with zero attached hydrogens (tertiary/aromatic N) is 3. The van der Waals surface area contributed by atoms with Gasteiger partial charge in [-0.05, 0) is 30.4 Å². The molecule has 0 aliphatic rings. The maximum Gasteiger partial charge on any atom is 1.00 e. The number of carbonyl (C=O) groups is 3. The molecular weight excluding hydrogens is 859 g/mol. The molecular formula is C33H46ClKN6O17S. The number of hydrogen-bond donors (Lipinski definition) is 8. The summed E-state index contributed by atoms with van der Waals surface area (Å²) in [5.41, 5.74) is 18.7. The molecule has 0 spiro atoms. The van der Waals surface area contributed by atoms with Gasteiger partial charge in [-0.2, -0.15) is 8.42 Å². The van der Waals surface area contributed by atoms with E-state index in [9.17, 15) is 34.6 Å². The van der Waals surface area contributed by atoms with E-state index in [1.165, 1.54) is 23.5 Å². The van der Waals surface area contributed by atoms with Crippen molar-refractivity contribution in [1.82, 2.24) is 0 Å². The molecule has 0 amide bonds. The third kappa shape index (κ3) is 25.2. The van der Waals surface area contributed by atoms with Crippen molar-refractivity contribution in [2.24, 2.45) is 22.5 Å². The molecule has 6 atom stereocenters. The zero-order valence-corrected chi connectivity index (χ0v) is 36.9. The molecule has 0 radical (unpaired) electrons. The molecule has 0 saturated carbocycles. The molecule has 3 aromatic rings. The molecule has 0 heterocycles. The van der Waals surface area contributed by atoms with Crippen molar-refractivity contribution >= 4 is 52.1 Å². The fourth-order valence-electron chi connectivity index (χ4n) is 5.09. The van der Waals surface area contributed by atoms with E-state index in [4.69, 9.17) is 60.2 Å². The maximum absolute atomic E-state index is 10.9. The van der Waals surface area contributed by atoms with Gasteiger partial charge in [-0.15, -0.1) is 17.3 Å². The SMILES string of the molecule is CC[C@@H](c1ccc([N+](=O)[O-])cc1)[C@@H](N)C(=O)O.CC[C@@H](c1ccccc1)[C@@H](N)C(=O)O.CC[C@@H](c1ccccc1[N+](=O)[O-])[C@@H](N)C(=O)O.Cl.O=NO[O-].O=S(=O)(O)O.[K+]. The Bertz CT molecular complexity index is 1830. The summed E-state index contributed by atoms with van der Waals surface area (Å²) < 4.78 is 31.6. The number of rotatable bonds is 15. The molecule has 0 aromatic heterocycles. The molecule has 0 saturated heterocycles. The van der Waals surface area contributed by atoms with E-state index in [1.807, 2.05) is 44.2 Å². The van der Waals surface area contributed by atoms with Crippen LogP contribution in [-0.2, 0) is 29.8 Å². The van der Waals surface area contributed by atoms with E-state index in [0.29, 0.717) is 24.0 Å². The second-order valence-electron chi connectivity index (χ2n) is 11.3. The van der Waals surface area contributed by atoms with Crippen LogP contribution in [0, 0.1) is 25.1 Å². The summed E-state index contributed by atoms with van der Waals surface area (Å²) in [6.45, 7) is 5.53. The molecule has 11 N–H and O–H groups in total. The zero-order valence-electron chi connectivity index (χ0n) is 32.1. The Morgan fingerprint density at radius 2 is 1.00 bits per heavy atom. The molecule has 324 valence electrons. The number of nitrogens with two attached hydrogens (primary N) is 3. The Kier molecular flexibility index (Phi) is 34.1. The Hall–Kier alpha value is -4.09. The van der Waals surface area contributed by atoms with Crippen molar-refractivity contribution < 1.29 is 119 Å². The first kappa shape index (κ1) is 61.6. The molecule has 0 aliphatic carbocycles. The Morgan fingerprint density at radius 3 is 1.31 bits per heavy atom. The first-order valence-electron chi connectivity index (χ1n) is 16.3. The van der Waals surface area contributed by atoms with Crippen LogP contribution in [0.4, 0.5) is 11.4 Å². The van der Waals surface area contributed by atoms with E-state index in [1.54, 1.807) is 37.3 Å². The number of benzene rings is 3. The number of nitro groups is 2. The summed E-state index contributed by atoms with van der Waals surface area (Å²) >= 11 is 0. The smallest absolute Gasteiger partial charge is 0.635 e. The number of hydrogen-bond acceptors (Lipinski definition) is 16. The van der Waals surface area contributed by atoms with E-state index < -0.39 is 62.2 Å². The first-order chi connectivity index (χ1) is 26.5. The van der Waals surface area contributed by atoms with Crippen molar-refractivity contribution in [2.45, 2.75) is 75.9 Å².